The Morgan fingerprint density at radius 3 is 2.46 bits per heavy atom. The Morgan fingerprint density at radius 1 is 1.35 bits per heavy atom. The lowest BCUT2D eigenvalue weighted by atomic mass is 9.65. The quantitative estimate of drug-likeness (QED) is 0.579. The van der Waals surface area contributed by atoms with Crippen molar-refractivity contribution in [1.29, 1.82) is 5.26 Å². The second-order valence-corrected chi connectivity index (χ2v) is 8.09. The fraction of sp³-hybridized carbons (Fsp3) is 0.789. The molecule has 0 atom stereocenters. The molecule has 0 aromatic heterocycles. The number of carbonyl (C=O) groups is 3. The van der Waals surface area contributed by atoms with Crippen molar-refractivity contribution >= 4 is 17.8 Å². The van der Waals surface area contributed by atoms with E-state index in [2.05, 4.69) is 26.1 Å². The van der Waals surface area contributed by atoms with E-state index in [0.29, 0.717) is 25.3 Å². The largest absolute Gasteiger partial charge is 0.328 e. The van der Waals surface area contributed by atoms with Crippen molar-refractivity contribution in [3.63, 3.8) is 0 Å². The molecule has 2 aliphatic rings. The van der Waals surface area contributed by atoms with Crippen molar-refractivity contribution in [3.05, 3.63) is 0 Å². The molecule has 0 aromatic rings. The monoisotopic (exact) mass is 362 g/mol. The van der Waals surface area contributed by atoms with Gasteiger partial charge in [-0.3, -0.25) is 14.5 Å². The summed E-state index contributed by atoms with van der Waals surface area (Å²) in [4.78, 5) is 40.0. The average molecular weight is 362 g/mol. The van der Waals surface area contributed by atoms with E-state index in [1.54, 1.807) is 6.92 Å². The number of nitriles is 1. The number of hydrogen-bond acceptors (Lipinski definition) is 4. The first kappa shape index (κ1) is 20.2. The first-order valence-corrected chi connectivity index (χ1v) is 9.49. The molecule has 26 heavy (non-hydrogen) atoms. The lowest BCUT2D eigenvalue weighted by Gasteiger charge is -2.42. The maximum Gasteiger partial charge on any atom is 0.325 e. The zero-order valence-corrected chi connectivity index (χ0v) is 16.3. The van der Waals surface area contributed by atoms with Crippen molar-refractivity contribution in [2.75, 3.05) is 19.6 Å². The Morgan fingerprint density at radius 2 is 1.96 bits per heavy atom. The topological polar surface area (TPSA) is 93.5 Å². The molecule has 1 N–H and O–H groups in total. The molecule has 0 unspecified atom stereocenters. The van der Waals surface area contributed by atoms with E-state index < -0.39 is 11.6 Å². The molecular weight excluding hydrogens is 332 g/mol. The van der Waals surface area contributed by atoms with Crippen LogP contribution in [-0.4, -0.2) is 52.8 Å². The summed E-state index contributed by atoms with van der Waals surface area (Å²) in [5.74, 6) is -0.142. The van der Waals surface area contributed by atoms with Crippen LogP contribution in [0.3, 0.4) is 0 Å². The van der Waals surface area contributed by atoms with Crippen molar-refractivity contribution in [1.82, 2.24) is 15.1 Å². The number of hydrogen-bond donors (Lipinski definition) is 1. The minimum Gasteiger partial charge on any atom is -0.328 e. The summed E-state index contributed by atoms with van der Waals surface area (Å²) >= 11 is 0. The Labute approximate surface area is 155 Å². The molecule has 1 aliphatic heterocycles. The minimum absolute atomic E-state index is 0.0437. The summed E-state index contributed by atoms with van der Waals surface area (Å²) in [6, 6.07) is 1.43. The molecule has 0 bridgehead atoms. The zero-order chi connectivity index (χ0) is 19.5. The highest BCUT2D eigenvalue weighted by molar-refractivity contribution is 6.09. The predicted molar refractivity (Wildman–Crippen MR) is 96.9 cm³/mol. The fourth-order valence-corrected chi connectivity index (χ4v) is 4.04. The van der Waals surface area contributed by atoms with E-state index in [4.69, 9.17) is 5.26 Å². The summed E-state index contributed by atoms with van der Waals surface area (Å²) in [6.45, 7) is 8.48. The van der Waals surface area contributed by atoms with Gasteiger partial charge in [0.15, 0.2) is 0 Å². The van der Waals surface area contributed by atoms with Gasteiger partial charge in [-0.2, -0.15) is 5.26 Å². The van der Waals surface area contributed by atoms with Gasteiger partial charge in [0.1, 0.15) is 18.6 Å². The highest BCUT2D eigenvalue weighted by Crippen LogP contribution is 2.45. The molecule has 7 heteroatoms. The van der Waals surface area contributed by atoms with E-state index in [9.17, 15) is 14.4 Å². The van der Waals surface area contributed by atoms with Crippen LogP contribution in [0.4, 0.5) is 4.79 Å². The number of nitrogens with zero attached hydrogens (tertiary/aromatic N) is 3. The molecule has 2 rings (SSSR count). The Balaban J connectivity index is 2.05. The second kappa shape index (κ2) is 7.65. The first-order chi connectivity index (χ1) is 12.2. The number of urea groups is 1. The molecule has 7 nitrogen and oxygen atoms in total. The van der Waals surface area contributed by atoms with Crippen molar-refractivity contribution < 1.29 is 14.4 Å². The van der Waals surface area contributed by atoms with Gasteiger partial charge in [0, 0.05) is 6.54 Å². The highest BCUT2D eigenvalue weighted by atomic mass is 16.2. The smallest absolute Gasteiger partial charge is 0.325 e. The summed E-state index contributed by atoms with van der Waals surface area (Å²) in [5, 5.41) is 11.6. The molecule has 1 saturated heterocycles. The molecule has 4 amide bonds. The average Bonchev–Trinajstić information content (AvgIpc) is 2.84. The molecule has 1 aliphatic carbocycles. The number of rotatable bonds is 6. The van der Waals surface area contributed by atoms with Crippen molar-refractivity contribution in [2.24, 2.45) is 11.3 Å². The van der Waals surface area contributed by atoms with Gasteiger partial charge in [0.2, 0.25) is 5.91 Å². The van der Waals surface area contributed by atoms with Gasteiger partial charge in [0.05, 0.1) is 6.07 Å². The summed E-state index contributed by atoms with van der Waals surface area (Å²) in [6.07, 6.45) is 4.10. The molecule has 2 fully saturated rings. The van der Waals surface area contributed by atoms with Crippen LogP contribution in [-0.2, 0) is 9.59 Å². The Bertz CT molecular complexity index is 615. The number of nitrogens with one attached hydrogen (secondary N) is 1. The van der Waals surface area contributed by atoms with Crippen molar-refractivity contribution in [2.45, 2.75) is 65.3 Å². The Kier molecular flexibility index (Phi) is 5.94. The van der Waals surface area contributed by atoms with Gasteiger partial charge in [-0.05, 0) is 43.9 Å². The van der Waals surface area contributed by atoms with Crippen LogP contribution in [0, 0.1) is 22.7 Å². The van der Waals surface area contributed by atoms with Gasteiger partial charge in [-0.1, -0.05) is 27.2 Å². The molecule has 1 saturated carbocycles. The third-order valence-electron chi connectivity index (χ3n) is 6.39. The van der Waals surface area contributed by atoms with E-state index in [-0.39, 0.29) is 30.3 Å². The molecule has 1 spiro atoms. The molecule has 144 valence electrons. The molecule has 0 aromatic carbocycles. The van der Waals surface area contributed by atoms with Crippen molar-refractivity contribution in [3.8, 4) is 6.07 Å². The highest BCUT2D eigenvalue weighted by Gasteiger charge is 2.53. The van der Waals surface area contributed by atoms with Crippen LogP contribution < -0.4 is 5.32 Å². The van der Waals surface area contributed by atoms with E-state index >= 15 is 0 Å². The molecule has 0 radical (unpaired) electrons. The Hall–Kier alpha value is -2.10. The first-order valence-electron chi connectivity index (χ1n) is 9.49. The lowest BCUT2D eigenvalue weighted by Crippen LogP contribution is -2.51. The van der Waals surface area contributed by atoms with Crippen LogP contribution in [0.15, 0.2) is 0 Å². The SMILES string of the molecule is CCN(CC#N)C(=O)CN1C(=O)NC2(CCC(C(C)(C)CC)CC2)C1=O. The van der Waals surface area contributed by atoms with Crippen LogP contribution in [0.25, 0.3) is 0 Å². The van der Waals surface area contributed by atoms with E-state index in [1.807, 2.05) is 6.07 Å². The van der Waals surface area contributed by atoms with Gasteiger partial charge in [0.25, 0.3) is 5.91 Å². The molecular formula is C19H30N4O3. The van der Waals surface area contributed by atoms with Gasteiger partial charge >= 0.3 is 6.03 Å². The summed E-state index contributed by atoms with van der Waals surface area (Å²) in [7, 11) is 0. The van der Waals surface area contributed by atoms with Gasteiger partial charge < -0.3 is 10.2 Å². The normalized spacial score (nSPS) is 26.0. The van der Waals surface area contributed by atoms with E-state index in [0.717, 1.165) is 24.2 Å². The predicted octanol–water partition coefficient (Wildman–Crippen LogP) is 2.28. The number of likely N-dealkylation sites (N-methyl/N-ethyl adjacent to an activating group) is 1. The van der Waals surface area contributed by atoms with Crippen LogP contribution in [0.5, 0.6) is 0 Å². The van der Waals surface area contributed by atoms with E-state index in [1.165, 1.54) is 4.90 Å². The molecule has 1 heterocycles. The lowest BCUT2D eigenvalue weighted by molar-refractivity contribution is -0.139. The van der Waals surface area contributed by atoms with Crippen LogP contribution in [0.1, 0.15) is 59.8 Å². The summed E-state index contributed by atoms with van der Waals surface area (Å²) < 4.78 is 0. The van der Waals surface area contributed by atoms with Crippen LogP contribution >= 0.6 is 0 Å². The second-order valence-electron chi connectivity index (χ2n) is 8.09. The third kappa shape index (κ3) is 3.69. The van der Waals surface area contributed by atoms with Gasteiger partial charge in [-0.25, -0.2) is 4.79 Å². The van der Waals surface area contributed by atoms with Crippen LogP contribution in [0.2, 0.25) is 0 Å². The fourth-order valence-electron chi connectivity index (χ4n) is 4.04. The zero-order valence-electron chi connectivity index (χ0n) is 16.3. The maximum absolute atomic E-state index is 12.9. The summed E-state index contributed by atoms with van der Waals surface area (Å²) in [5.41, 5.74) is -0.633. The minimum atomic E-state index is -0.857. The number of imide groups is 1. The maximum atomic E-state index is 12.9. The standard InChI is InChI=1S/C19H30N4O3/c1-5-18(3,4)14-7-9-19(10-8-14)16(25)23(17(26)21-19)13-15(24)22(6-2)12-11-20/h14H,5-10,12-13H2,1-4H3,(H,21,26). The number of carbonyl (C=O) groups excluding carboxylic acids is 3. The van der Waals surface area contributed by atoms with Gasteiger partial charge in [-0.15, -0.1) is 0 Å². The number of amides is 4. The third-order valence-corrected chi connectivity index (χ3v) is 6.39.